The topological polar surface area (TPSA) is 69.0 Å². The van der Waals surface area contributed by atoms with Gasteiger partial charge in [0, 0.05) is 6.20 Å². The van der Waals surface area contributed by atoms with Crippen LogP contribution in [0, 0.1) is 5.92 Å². The second-order valence-electron chi connectivity index (χ2n) is 5.22. The van der Waals surface area contributed by atoms with Crippen LogP contribution in [0.1, 0.15) is 19.5 Å². The van der Waals surface area contributed by atoms with Crippen molar-refractivity contribution in [1.82, 2.24) is 14.9 Å². The normalized spacial score (nSPS) is 10.9. The van der Waals surface area contributed by atoms with Gasteiger partial charge in [0.05, 0.1) is 10.7 Å². The number of amides is 1. The lowest BCUT2D eigenvalue weighted by molar-refractivity contribution is -0.119. The first-order chi connectivity index (χ1) is 10.8. The zero-order valence-electron chi connectivity index (χ0n) is 12.5. The van der Waals surface area contributed by atoms with E-state index in [1.54, 1.807) is 6.20 Å². The lowest BCUT2D eigenvalue weighted by Crippen LogP contribution is -2.28. The monoisotopic (exact) mass is 376 g/mol. The number of pyridine rings is 1. The third-order valence-electron chi connectivity index (χ3n) is 2.70. The molecule has 1 N–H and O–H groups in total. The quantitative estimate of drug-likeness (QED) is 0.781. The molecule has 0 radical (unpaired) electrons. The van der Waals surface area contributed by atoms with Crippen LogP contribution in [-0.2, 0) is 11.2 Å². The van der Waals surface area contributed by atoms with Gasteiger partial charge in [0.25, 0.3) is 5.91 Å². The molecule has 2 rings (SSSR count). The highest BCUT2D eigenvalue weighted by atomic mass is 35.5. The van der Waals surface area contributed by atoms with Gasteiger partial charge >= 0.3 is 0 Å². The number of hydrogen-bond acceptors (Lipinski definition) is 4. The van der Waals surface area contributed by atoms with Crippen LogP contribution in [0.3, 0.4) is 0 Å². The van der Waals surface area contributed by atoms with Gasteiger partial charge in [0.2, 0.25) is 5.88 Å². The maximum absolute atomic E-state index is 11.9. The van der Waals surface area contributed by atoms with E-state index in [1.807, 2.05) is 6.07 Å². The summed E-state index contributed by atoms with van der Waals surface area (Å²) in [5.41, 5.74) is 3.46. The second kappa shape index (κ2) is 7.86. The number of hydrogen-bond donors (Lipinski definition) is 1. The summed E-state index contributed by atoms with van der Waals surface area (Å²) in [4.78, 5) is 17.1. The lowest BCUT2D eigenvalue weighted by Gasteiger charge is -2.08. The van der Waals surface area contributed by atoms with Crippen molar-refractivity contribution in [2.75, 3.05) is 12.0 Å². The maximum Gasteiger partial charge on any atom is 0.278 e. The molecular formula is C14H15Cl3N4O2. The molecule has 0 aromatic carbocycles. The van der Waals surface area contributed by atoms with E-state index in [0.717, 1.165) is 12.1 Å². The van der Waals surface area contributed by atoms with Gasteiger partial charge in [0.1, 0.15) is 5.02 Å². The van der Waals surface area contributed by atoms with Crippen LogP contribution < -0.4 is 10.2 Å². The third kappa shape index (κ3) is 5.27. The van der Waals surface area contributed by atoms with Crippen LogP contribution in [0.15, 0.2) is 18.3 Å². The number of aromatic nitrogens is 3. The number of rotatable bonds is 6. The van der Waals surface area contributed by atoms with Crippen molar-refractivity contribution in [2.45, 2.75) is 20.3 Å². The molecule has 0 fully saturated rings. The molecule has 124 valence electrons. The Kier molecular flexibility index (Phi) is 6.10. The Hall–Kier alpha value is -1.50. The van der Waals surface area contributed by atoms with Gasteiger partial charge in [-0.2, -0.15) is 14.9 Å². The molecule has 9 heteroatoms. The van der Waals surface area contributed by atoms with Crippen LogP contribution in [0.2, 0.25) is 15.2 Å². The summed E-state index contributed by atoms with van der Waals surface area (Å²) in [6, 6.07) is 3.25. The Labute approximate surface area is 148 Å². The molecule has 2 heterocycles. The van der Waals surface area contributed by atoms with Crippen molar-refractivity contribution in [3.05, 3.63) is 39.2 Å². The van der Waals surface area contributed by atoms with Crippen LogP contribution in [0.5, 0.6) is 5.88 Å². The predicted octanol–water partition coefficient (Wildman–Crippen LogP) is 3.59. The van der Waals surface area contributed by atoms with Crippen molar-refractivity contribution in [3.63, 3.8) is 0 Å². The van der Waals surface area contributed by atoms with Crippen LogP contribution in [0.25, 0.3) is 0 Å². The molecule has 6 nitrogen and oxygen atoms in total. The first kappa shape index (κ1) is 17.8. The van der Waals surface area contributed by atoms with Crippen LogP contribution in [-0.4, -0.2) is 27.4 Å². The van der Waals surface area contributed by atoms with Gasteiger partial charge < -0.3 is 4.74 Å². The number of nitrogens with one attached hydrogen (secondary N) is 1. The number of carbonyl (C=O) groups excluding carboxylic acids is 1. The fraction of sp³-hybridized carbons (Fsp3) is 0.357. The molecule has 2 aromatic rings. The molecule has 0 saturated carbocycles. The van der Waals surface area contributed by atoms with Crippen LogP contribution in [0.4, 0.5) is 0 Å². The molecule has 0 bridgehead atoms. The molecule has 1 amide bonds. The van der Waals surface area contributed by atoms with E-state index in [9.17, 15) is 4.79 Å². The van der Waals surface area contributed by atoms with Gasteiger partial charge in [-0.1, -0.05) is 48.7 Å². The van der Waals surface area contributed by atoms with Crippen molar-refractivity contribution in [1.29, 1.82) is 0 Å². The van der Waals surface area contributed by atoms with E-state index in [-0.39, 0.29) is 27.7 Å². The SMILES string of the molecule is CC(C)Cc1ccn(NC(=O)COc2nc(Cl)c(Cl)cc2Cl)n1. The van der Waals surface area contributed by atoms with Crippen LogP contribution >= 0.6 is 34.8 Å². The summed E-state index contributed by atoms with van der Waals surface area (Å²) in [7, 11) is 0. The Bertz CT molecular complexity index is 703. The molecule has 0 aliphatic carbocycles. The summed E-state index contributed by atoms with van der Waals surface area (Å²) in [6.45, 7) is 3.91. The largest absolute Gasteiger partial charge is 0.466 e. The van der Waals surface area contributed by atoms with E-state index < -0.39 is 5.91 Å². The maximum atomic E-state index is 11.9. The highest BCUT2D eigenvalue weighted by Crippen LogP contribution is 2.30. The Morgan fingerprint density at radius 1 is 1.35 bits per heavy atom. The summed E-state index contributed by atoms with van der Waals surface area (Å²) < 4.78 is 5.24. The highest BCUT2D eigenvalue weighted by Gasteiger charge is 2.12. The summed E-state index contributed by atoms with van der Waals surface area (Å²) in [6.07, 6.45) is 2.50. The molecule has 23 heavy (non-hydrogen) atoms. The minimum atomic E-state index is -0.409. The fourth-order valence-corrected chi connectivity index (χ4v) is 2.32. The molecule has 0 saturated heterocycles. The van der Waals surface area contributed by atoms with E-state index in [0.29, 0.717) is 5.92 Å². The number of carbonyl (C=O) groups is 1. The highest BCUT2D eigenvalue weighted by molar-refractivity contribution is 6.42. The van der Waals surface area contributed by atoms with Gasteiger partial charge in [-0.25, -0.2) is 5.43 Å². The number of nitrogens with zero attached hydrogens (tertiary/aromatic N) is 3. The Morgan fingerprint density at radius 2 is 2.09 bits per heavy atom. The van der Waals surface area contributed by atoms with Gasteiger partial charge in [-0.05, 0) is 24.5 Å². The van der Waals surface area contributed by atoms with Gasteiger partial charge in [0.15, 0.2) is 11.8 Å². The molecule has 0 unspecified atom stereocenters. The first-order valence-corrected chi connectivity index (χ1v) is 7.97. The average molecular weight is 378 g/mol. The van der Waals surface area contributed by atoms with E-state index in [4.69, 9.17) is 39.5 Å². The van der Waals surface area contributed by atoms with Crippen molar-refractivity contribution in [2.24, 2.45) is 5.92 Å². The summed E-state index contributed by atoms with van der Waals surface area (Å²) >= 11 is 17.5. The molecule has 0 aliphatic heterocycles. The lowest BCUT2D eigenvalue weighted by atomic mass is 10.1. The van der Waals surface area contributed by atoms with E-state index in [1.165, 1.54) is 10.9 Å². The predicted molar refractivity (Wildman–Crippen MR) is 89.9 cm³/mol. The molecular weight excluding hydrogens is 363 g/mol. The molecule has 2 aromatic heterocycles. The summed E-state index contributed by atoms with van der Waals surface area (Å²) in [5.74, 6) is 0.116. The molecule has 0 spiro atoms. The molecule has 0 atom stereocenters. The molecule has 0 aliphatic rings. The number of halogens is 3. The number of ether oxygens (including phenoxy) is 1. The summed E-state index contributed by atoms with van der Waals surface area (Å²) in [5, 5.41) is 4.67. The minimum absolute atomic E-state index is 0.0391. The third-order valence-corrected chi connectivity index (χ3v) is 3.64. The first-order valence-electron chi connectivity index (χ1n) is 6.84. The zero-order valence-corrected chi connectivity index (χ0v) is 14.8. The fourth-order valence-electron chi connectivity index (χ4n) is 1.77. The van der Waals surface area contributed by atoms with Gasteiger partial charge in [-0.3, -0.25) is 4.79 Å². The minimum Gasteiger partial charge on any atom is -0.466 e. The Morgan fingerprint density at radius 3 is 2.78 bits per heavy atom. The van der Waals surface area contributed by atoms with Crippen molar-refractivity contribution >= 4 is 40.7 Å². The van der Waals surface area contributed by atoms with E-state index >= 15 is 0 Å². The van der Waals surface area contributed by atoms with Crippen molar-refractivity contribution in [3.8, 4) is 5.88 Å². The smallest absolute Gasteiger partial charge is 0.278 e. The van der Waals surface area contributed by atoms with Gasteiger partial charge in [-0.15, -0.1) is 0 Å². The average Bonchev–Trinajstić information content (AvgIpc) is 2.87. The standard InChI is InChI=1S/C14H15Cl3N4O2/c1-8(2)5-9-3-4-21(19-9)20-12(22)7-23-14-11(16)6-10(15)13(17)18-14/h3-4,6,8H,5,7H2,1-2H3,(H,20,22). The zero-order chi connectivity index (χ0) is 17.0. The van der Waals surface area contributed by atoms with E-state index in [2.05, 4.69) is 29.4 Å². The second-order valence-corrected chi connectivity index (χ2v) is 6.39. The Balaban J connectivity index is 1.90. The van der Waals surface area contributed by atoms with Crippen molar-refractivity contribution < 1.29 is 9.53 Å².